The predicted molar refractivity (Wildman–Crippen MR) is 30.9 cm³/mol. The Morgan fingerprint density at radius 3 is 3.25 bits per heavy atom. The van der Waals surface area contributed by atoms with Crippen LogP contribution in [0.4, 0.5) is 0 Å². The summed E-state index contributed by atoms with van der Waals surface area (Å²) in [5.74, 6) is 0. The van der Waals surface area contributed by atoms with Gasteiger partial charge < -0.3 is 0 Å². The summed E-state index contributed by atoms with van der Waals surface area (Å²) >= 11 is 0. The normalized spacial score (nSPS) is 21.2. The molecule has 0 fully saturated rings. The second kappa shape index (κ2) is 3.99. The molecule has 0 aliphatic carbocycles. The average molecular weight is 90.6 g/mol. The second-order valence-corrected chi connectivity index (χ2v) is 1.79. The molecule has 0 aliphatic heterocycles. The molecule has 2 atom stereocenters. The van der Waals surface area contributed by atoms with Gasteiger partial charge in [0, 0.05) is 1.28 Å². The van der Waals surface area contributed by atoms with E-state index in [0.29, 0.717) is 0 Å². The Hall–Kier alpha value is 0.990. The lowest BCUT2D eigenvalue weighted by Gasteiger charge is -1.65. The molecule has 0 amide bonds. The molecule has 4 heteroatoms. The van der Waals surface area contributed by atoms with Crippen LogP contribution < -0.4 is 0 Å². The molecule has 0 aromatic carbocycles. The molecule has 4 heavy (non-hydrogen) atoms. The maximum Gasteiger partial charge on any atom is 0.161 e. The molecule has 0 rings (SSSR count). The molecule has 0 N–H and O–H groups in total. The van der Waals surface area contributed by atoms with Crippen LogP contribution in [-0.2, 0) is 0 Å². The molecule has 2 unspecified atom stereocenters. The molecule has 0 spiro atoms. The SMILES string of the molecule is [2H]P([B])B([3H])P. The summed E-state index contributed by atoms with van der Waals surface area (Å²) in [6.45, 7) is -0.472. The molecule has 0 heterocycles. The van der Waals surface area contributed by atoms with E-state index in [2.05, 4.69) is 9.12 Å². The third kappa shape index (κ3) is 2.99. The van der Waals surface area contributed by atoms with Gasteiger partial charge in [-0.3, -0.25) is 0 Å². The van der Waals surface area contributed by atoms with Crippen molar-refractivity contribution in [2.45, 2.75) is 0 Å². The highest BCUT2D eigenvalue weighted by molar-refractivity contribution is 8.06. The average Bonchev–Trinajstić information content (AvgIpc) is 1.36. The largest absolute Gasteiger partial charge is 0.202 e. The fourth-order valence-corrected chi connectivity index (χ4v) is 0. The Bertz CT molecular complexity index is 30.5. The van der Waals surface area contributed by atoms with Crippen molar-refractivity contribution >= 4 is 31.6 Å². The maximum atomic E-state index is 6.71. The summed E-state index contributed by atoms with van der Waals surface area (Å²) < 4.78 is 13.4. The highest BCUT2D eigenvalue weighted by Crippen LogP contribution is 1.97. The number of hydrogen-bond donors (Lipinski definition) is 0. The van der Waals surface area contributed by atoms with Crippen LogP contribution in [-0.4, -0.2) is 16.9 Å². The zero-order valence-corrected chi connectivity index (χ0v) is 4.23. The topological polar surface area (TPSA) is 0 Å². The Morgan fingerprint density at radius 1 is 3.00 bits per heavy atom. The van der Waals surface area contributed by atoms with Gasteiger partial charge in [0.1, 0.15) is 0 Å². The second-order valence-electron chi connectivity index (χ2n) is 0.298. The van der Waals surface area contributed by atoms with Gasteiger partial charge in [-0.05, 0) is 1.34 Å². The summed E-state index contributed by atoms with van der Waals surface area (Å²) in [6, 6.07) is 0. The van der Waals surface area contributed by atoms with Crippen LogP contribution in [0.5, 0.6) is 0 Å². The van der Waals surface area contributed by atoms with Crippen LogP contribution in [0.25, 0.3) is 0 Å². The van der Waals surface area contributed by atoms with E-state index in [0.717, 1.165) is 0 Å². The van der Waals surface area contributed by atoms with Gasteiger partial charge in [-0.2, -0.15) is 9.12 Å². The molecular formula is H4B2P2. The Labute approximate surface area is 35.3 Å². The standard InChI is InChI=1S/B2H4P2/c1-4-2-3/h2,4H,3H2/i2T,4D. The van der Waals surface area contributed by atoms with Crippen molar-refractivity contribution < 1.29 is 0 Å². The van der Waals surface area contributed by atoms with Crippen LogP contribution in [0.3, 0.4) is 0 Å². The lowest BCUT2D eigenvalue weighted by Crippen LogP contribution is -1.49. The van der Waals surface area contributed by atoms with Crippen LogP contribution in [0.2, 0.25) is 0 Å². The van der Waals surface area contributed by atoms with E-state index in [1.165, 1.54) is 0 Å². The zero-order chi connectivity index (χ0) is 5.15. The van der Waals surface area contributed by atoms with Crippen LogP contribution >= 0.6 is 17.4 Å². The first kappa shape index (κ1) is 2.21. The molecule has 20 valence electrons. The first-order valence-corrected chi connectivity index (χ1v) is 2.55. The van der Waals surface area contributed by atoms with E-state index < -0.39 is 15.0 Å². The third-order valence-corrected chi connectivity index (χ3v) is 0.775. The fourth-order valence-electron chi connectivity index (χ4n) is 0. The van der Waals surface area contributed by atoms with Gasteiger partial charge in [0.2, 0.25) is 0 Å². The van der Waals surface area contributed by atoms with E-state index in [4.69, 9.17) is 10.2 Å². The lowest BCUT2D eigenvalue weighted by atomic mass is 10.7. The smallest absolute Gasteiger partial charge is 0.161 e. The van der Waals surface area contributed by atoms with Crippen molar-refractivity contribution in [1.82, 2.24) is 0 Å². The van der Waals surface area contributed by atoms with Crippen LogP contribution in [0.15, 0.2) is 0 Å². The molecular weight excluding hydrogens is 83.6 g/mol. The Balaban J connectivity index is 2.99. The Kier molecular flexibility index (Phi) is 2.21. The van der Waals surface area contributed by atoms with E-state index in [9.17, 15) is 0 Å². The summed E-state index contributed by atoms with van der Waals surface area (Å²) in [6.07, 6.45) is 0. The molecule has 0 nitrogen and oxygen atoms in total. The van der Waals surface area contributed by atoms with Gasteiger partial charge in [-0.1, -0.05) is 0 Å². The highest BCUT2D eigenvalue weighted by atomic mass is 31.1. The molecule has 0 aromatic heterocycles. The fraction of sp³-hybridized carbons (Fsp3) is 0. The van der Waals surface area contributed by atoms with Crippen LogP contribution in [0.1, 0.15) is 0 Å². The van der Waals surface area contributed by atoms with Gasteiger partial charge in [0.25, 0.3) is 0 Å². The Morgan fingerprint density at radius 2 is 3.25 bits per heavy atom. The summed E-state index contributed by atoms with van der Waals surface area (Å²) in [5, 5.41) is 0. The maximum absolute atomic E-state index is 6.71. The van der Waals surface area contributed by atoms with Crippen molar-refractivity contribution in [2.75, 3.05) is 0 Å². The van der Waals surface area contributed by atoms with E-state index in [-0.39, 0.29) is 0 Å². The minimum Gasteiger partial charge on any atom is -0.202 e. The number of rotatable bonds is 1. The predicted octanol–water partition coefficient (Wildman–Crippen LogP) is -0.110. The molecule has 0 aromatic rings. The van der Waals surface area contributed by atoms with Gasteiger partial charge in [0.15, 0.2) is 6.68 Å². The zero-order valence-electron chi connectivity index (χ0n) is 4.18. The van der Waals surface area contributed by atoms with E-state index >= 15 is 0 Å². The van der Waals surface area contributed by atoms with Gasteiger partial charge in [0.05, 0.1) is 7.57 Å². The summed E-state index contributed by atoms with van der Waals surface area (Å²) in [4.78, 5) is 0. The molecule has 0 saturated heterocycles. The van der Waals surface area contributed by atoms with Gasteiger partial charge >= 0.3 is 0 Å². The van der Waals surface area contributed by atoms with Crippen molar-refractivity contribution in [3.05, 3.63) is 0 Å². The molecule has 2 radical (unpaired) electrons. The van der Waals surface area contributed by atoms with Crippen molar-refractivity contribution in [3.63, 3.8) is 0 Å². The first-order chi connectivity index (χ1) is 2.64. The lowest BCUT2D eigenvalue weighted by molar-refractivity contribution is 4.62. The highest BCUT2D eigenvalue weighted by Gasteiger charge is 1.60. The minimum absolute atomic E-state index is 0.472. The quantitative estimate of drug-likeness (QED) is 0.311. The van der Waals surface area contributed by atoms with Gasteiger partial charge in [-0.15, -0.1) is 0 Å². The van der Waals surface area contributed by atoms with Crippen molar-refractivity contribution in [1.29, 1.82) is 2.61 Å². The first-order valence-electron chi connectivity index (χ1n) is 1.87. The monoisotopic (exact) mass is 91.0 g/mol. The van der Waals surface area contributed by atoms with Gasteiger partial charge in [-0.25, -0.2) is 8.28 Å². The van der Waals surface area contributed by atoms with E-state index in [1.807, 2.05) is 0 Å². The van der Waals surface area contributed by atoms with Crippen molar-refractivity contribution in [3.8, 4) is 0 Å². The van der Waals surface area contributed by atoms with Crippen LogP contribution in [0, 0.1) is 0 Å². The third-order valence-electron chi connectivity index (χ3n) is 0.0861. The van der Waals surface area contributed by atoms with E-state index in [1.54, 1.807) is 0 Å². The molecule has 0 bridgehead atoms. The van der Waals surface area contributed by atoms with Crippen molar-refractivity contribution in [2.24, 2.45) is 0 Å². The molecule has 0 saturated carbocycles. The summed E-state index contributed by atoms with van der Waals surface area (Å²) in [5.41, 5.74) is 0. The molecule has 0 aliphatic rings. The number of hydrogen-bond acceptors (Lipinski definition) is 0. The minimum atomic E-state index is -1.28. The summed E-state index contributed by atoms with van der Waals surface area (Å²) in [7, 11) is 5.83.